The third-order valence-electron chi connectivity index (χ3n) is 4.32. The van der Waals surface area contributed by atoms with Crippen molar-refractivity contribution in [2.24, 2.45) is 0 Å². The number of hydrogen-bond donors (Lipinski definition) is 0. The number of ether oxygens (including phenoxy) is 1. The van der Waals surface area contributed by atoms with Crippen molar-refractivity contribution >= 4 is 11.8 Å². The van der Waals surface area contributed by atoms with Gasteiger partial charge in [0.1, 0.15) is 0 Å². The zero-order chi connectivity index (χ0) is 18.6. The van der Waals surface area contributed by atoms with Gasteiger partial charge in [-0.2, -0.15) is 5.10 Å². The second kappa shape index (κ2) is 8.14. The fourth-order valence-electron chi connectivity index (χ4n) is 3.05. The second-order valence-corrected chi connectivity index (χ2v) is 6.42. The summed E-state index contributed by atoms with van der Waals surface area (Å²) in [5, 5.41) is 4.31. The SMILES string of the molecule is CCCn1c(C)cc(C(=O)COC(=O)CCn2nc(C)cc2C)c1C. The molecule has 0 spiro atoms. The Hall–Kier alpha value is -2.37. The molecule has 2 rings (SSSR count). The summed E-state index contributed by atoms with van der Waals surface area (Å²) in [6, 6.07) is 3.83. The summed E-state index contributed by atoms with van der Waals surface area (Å²) in [4.78, 5) is 24.3. The highest BCUT2D eigenvalue weighted by atomic mass is 16.5. The summed E-state index contributed by atoms with van der Waals surface area (Å²) in [5.74, 6) is -0.543. The Bertz CT molecular complexity index is 771. The fourth-order valence-corrected chi connectivity index (χ4v) is 3.05. The van der Waals surface area contributed by atoms with Gasteiger partial charge in [0.15, 0.2) is 6.61 Å². The van der Waals surface area contributed by atoms with Gasteiger partial charge in [0, 0.05) is 29.2 Å². The van der Waals surface area contributed by atoms with Gasteiger partial charge in [-0.1, -0.05) is 6.92 Å². The van der Waals surface area contributed by atoms with Crippen molar-refractivity contribution < 1.29 is 14.3 Å². The molecule has 0 amide bonds. The number of rotatable bonds is 8. The molecule has 2 aromatic rings. The van der Waals surface area contributed by atoms with Crippen LogP contribution in [-0.4, -0.2) is 32.7 Å². The molecule has 136 valence electrons. The highest BCUT2D eigenvalue weighted by Crippen LogP contribution is 2.16. The summed E-state index contributed by atoms with van der Waals surface area (Å²) in [5.41, 5.74) is 4.55. The lowest BCUT2D eigenvalue weighted by molar-refractivity contribution is -0.142. The molecule has 0 radical (unpaired) electrons. The Morgan fingerprint density at radius 2 is 1.80 bits per heavy atom. The Morgan fingerprint density at radius 1 is 1.08 bits per heavy atom. The molecule has 0 fully saturated rings. The Kier molecular flexibility index (Phi) is 6.17. The van der Waals surface area contributed by atoms with E-state index < -0.39 is 0 Å². The summed E-state index contributed by atoms with van der Waals surface area (Å²) in [7, 11) is 0. The van der Waals surface area contributed by atoms with Crippen LogP contribution in [0.1, 0.15) is 52.9 Å². The third-order valence-corrected chi connectivity index (χ3v) is 4.32. The van der Waals surface area contributed by atoms with E-state index >= 15 is 0 Å². The molecule has 0 atom stereocenters. The first-order chi connectivity index (χ1) is 11.8. The largest absolute Gasteiger partial charge is 0.457 e. The Labute approximate surface area is 148 Å². The molecule has 6 heteroatoms. The van der Waals surface area contributed by atoms with Gasteiger partial charge in [0.25, 0.3) is 0 Å². The molecule has 0 aliphatic rings. The Morgan fingerprint density at radius 3 is 2.40 bits per heavy atom. The van der Waals surface area contributed by atoms with Crippen molar-refractivity contribution in [3.05, 3.63) is 40.5 Å². The number of esters is 1. The van der Waals surface area contributed by atoms with E-state index in [9.17, 15) is 9.59 Å². The van der Waals surface area contributed by atoms with Crippen LogP contribution in [0.4, 0.5) is 0 Å². The van der Waals surface area contributed by atoms with Crippen LogP contribution < -0.4 is 0 Å². The maximum absolute atomic E-state index is 12.4. The number of aromatic nitrogens is 3. The first-order valence-corrected chi connectivity index (χ1v) is 8.70. The Balaban J connectivity index is 1.88. The molecule has 0 aliphatic carbocycles. The monoisotopic (exact) mass is 345 g/mol. The molecule has 0 saturated carbocycles. The number of nitrogens with zero attached hydrogens (tertiary/aromatic N) is 3. The van der Waals surface area contributed by atoms with Crippen LogP contribution in [0.3, 0.4) is 0 Å². The molecular formula is C19H27N3O3. The van der Waals surface area contributed by atoms with E-state index in [1.807, 2.05) is 39.8 Å². The number of aryl methyl sites for hydroxylation is 4. The van der Waals surface area contributed by atoms with E-state index in [0.29, 0.717) is 12.1 Å². The van der Waals surface area contributed by atoms with Gasteiger partial charge in [-0.25, -0.2) is 0 Å². The van der Waals surface area contributed by atoms with E-state index in [4.69, 9.17) is 4.74 Å². The maximum Gasteiger partial charge on any atom is 0.308 e. The first-order valence-electron chi connectivity index (χ1n) is 8.70. The van der Waals surface area contributed by atoms with Crippen LogP contribution in [0.2, 0.25) is 0 Å². The number of ketones is 1. The molecule has 25 heavy (non-hydrogen) atoms. The molecule has 2 aromatic heterocycles. The average Bonchev–Trinajstić information content (AvgIpc) is 3.03. The molecule has 0 bridgehead atoms. The number of carbonyl (C=O) groups excluding carboxylic acids is 2. The molecule has 0 unspecified atom stereocenters. The van der Waals surface area contributed by atoms with Crippen molar-refractivity contribution in [1.29, 1.82) is 0 Å². The van der Waals surface area contributed by atoms with E-state index in [-0.39, 0.29) is 24.8 Å². The molecule has 6 nitrogen and oxygen atoms in total. The van der Waals surface area contributed by atoms with Crippen LogP contribution >= 0.6 is 0 Å². The van der Waals surface area contributed by atoms with E-state index in [2.05, 4.69) is 16.6 Å². The predicted octanol–water partition coefficient (Wildman–Crippen LogP) is 3.14. The van der Waals surface area contributed by atoms with Crippen molar-refractivity contribution in [3.8, 4) is 0 Å². The van der Waals surface area contributed by atoms with Crippen LogP contribution in [-0.2, 0) is 22.6 Å². The average molecular weight is 345 g/mol. The lowest BCUT2D eigenvalue weighted by Crippen LogP contribution is -2.17. The van der Waals surface area contributed by atoms with Crippen molar-refractivity contribution in [3.63, 3.8) is 0 Å². The third kappa shape index (κ3) is 4.59. The van der Waals surface area contributed by atoms with Gasteiger partial charge in [-0.15, -0.1) is 0 Å². The van der Waals surface area contributed by atoms with Crippen molar-refractivity contribution in [2.75, 3.05) is 6.61 Å². The molecular weight excluding hydrogens is 318 g/mol. The van der Waals surface area contributed by atoms with Crippen LogP contribution in [0.15, 0.2) is 12.1 Å². The summed E-state index contributed by atoms with van der Waals surface area (Å²) >= 11 is 0. The predicted molar refractivity (Wildman–Crippen MR) is 95.8 cm³/mol. The quantitative estimate of drug-likeness (QED) is 0.544. The second-order valence-electron chi connectivity index (χ2n) is 6.42. The summed E-state index contributed by atoms with van der Waals surface area (Å²) < 4.78 is 9.05. The summed E-state index contributed by atoms with van der Waals surface area (Å²) in [6.45, 7) is 11.0. The van der Waals surface area contributed by atoms with Gasteiger partial charge in [0.2, 0.25) is 5.78 Å². The molecule has 0 aliphatic heterocycles. The van der Waals surface area contributed by atoms with Gasteiger partial charge in [0.05, 0.1) is 18.7 Å². The minimum absolute atomic E-state index is 0.157. The standard InChI is InChI=1S/C19H27N3O3/c1-6-8-21-14(3)11-17(16(21)5)18(23)12-25-19(24)7-9-22-15(4)10-13(2)20-22/h10-11H,6-9,12H2,1-5H3. The molecule has 0 N–H and O–H groups in total. The molecule has 0 aromatic carbocycles. The van der Waals surface area contributed by atoms with Crippen LogP contribution in [0, 0.1) is 27.7 Å². The van der Waals surface area contributed by atoms with Crippen molar-refractivity contribution in [1.82, 2.24) is 14.3 Å². The van der Waals surface area contributed by atoms with E-state index in [1.165, 1.54) is 0 Å². The summed E-state index contributed by atoms with van der Waals surface area (Å²) in [6.07, 6.45) is 1.20. The zero-order valence-corrected chi connectivity index (χ0v) is 15.8. The van der Waals surface area contributed by atoms with Gasteiger partial charge >= 0.3 is 5.97 Å². The zero-order valence-electron chi connectivity index (χ0n) is 15.8. The highest BCUT2D eigenvalue weighted by Gasteiger charge is 2.17. The molecule has 0 saturated heterocycles. The smallest absolute Gasteiger partial charge is 0.308 e. The highest BCUT2D eigenvalue weighted by molar-refractivity contribution is 5.99. The van der Waals surface area contributed by atoms with Crippen LogP contribution in [0.5, 0.6) is 0 Å². The van der Waals surface area contributed by atoms with Gasteiger partial charge < -0.3 is 9.30 Å². The fraction of sp³-hybridized carbons (Fsp3) is 0.526. The number of hydrogen-bond acceptors (Lipinski definition) is 4. The minimum Gasteiger partial charge on any atom is -0.457 e. The first kappa shape index (κ1) is 19.0. The maximum atomic E-state index is 12.4. The van der Waals surface area contributed by atoms with Crippen molar-refractivity contribution in [2.45, 2.75) is 60.5 Å². The normalized spacial score (nSPS) is 10.9. The lowest BCUT2D eigenvalue weighted by Gasteiger charge is -2.08. The van der Waals surface area contributed by atoms with Gasteiger partial charge in [-0.3, -0.25) is 14.3 Å². The molecule has 2 heterocycles. The minimum atomic E-state index is -0.386. The lowest BCUT2D eigenvalue weighted by atomic mass is 10.1. The number of Topliss-reactive ketones (excluding diaryl/α,β-unsaturated/α-hetero) is 1. The van der Waals surface area contributed by atoms with Gasteiger partial charge in [-0.05, 0) is 46.2 Å². The topological polar surface area (TPSA) is 66.1 Å². The van der Waals surface area contributed by atoms with Crippen LogP contribution in [0.25, 0.3) is 0 Å². The van der Waals surface area contributed by atoms with E-state index in [1.54, 1.807) is 4.68 Å². The number of carbonyl (C=O) groups is 2. The van der Waals surface area contributed by atoms with E-state index in [0.717, 1.165) is 35.7 Å².